The number of anilines is 1. The van der Waals surface area contributed by atoms with Crippen molar-refractivity contribution >= 4 is 22.8 Å². The van der Waals surface area contributed by atoms with Gasteiger partial charge in [-0.1, -0.05) is 12.1 Å². The molecule has 3 aromatic rings. The molecule has 0 aliphatic carbocycles. The standard InChI is InChI=1S/C17H12F6N4/c1-27-7-3-4-10(27)9-24-26-13-8-14(17(21,22)23)25-15-11(13)5-2-6-12(15)16(18,19)20/h2-9H,1H3,(H,25,26)/b24-9+. The Morgan fingerprint density at radius 2 is 1.78 bits per heavy atom. The molecular weight excluding hydrogens is 374 g/mol. The molecule has 0 spiro atoms. The van der Waals surface area contributed by atoms with Crippen LogP contribution in [-0.4, -0.2) is 15.8 Å². The van der Waals surface area contributed by atoms with Crippen molar-refractivity contribution in [1.29, 1.82) is 0 Å². The quantitative estimate of drug-likeness (QED) is 0.389. The first kappa shape index (κ1) is 18.7. The van der Waals surface area contributed by atoms with Crippen LogP contribution in [0.2, 0.25) is 0 Å². The minimum absolute atomic E-state index is 0.123. The summed E-state index contributed by atoms with van der Waals surface area (Å²) >= 11 is 0. The van der Waals surface area contributed by atoms with Gasteiger partial charge in [0.2, 0.25) is 0 Å². The molecule has 4 nitrogen and oxygen atoms in total. The monoisotopic (exact) mass is 386 g/mol. The summed E-state index contributed by atoms with van der Waals surface area (Å²) in [4.78, 5) is 3.20. The van der Waals surface area contributed by atoms with Crippen molar-refractivity contribution in [2.45, 2.75) is 12.4 Å². The summed E-state index contributed by atoms with van der Waals surface area (Å²) in [7, 11) is 1.74. The van der Waals surface area contributed by atoms with Crippen molar-refractivity contribution in [3.8, 4) is 0 Å². The summed E-state index contributed by atoms with van der Waals surface area (Å²) in [6.07, 6.45) is -6.68. The molecule has 2 aromatic heterocycles. The van der Waals surface area contributed by atoms with Crippen LogP contribution in [0.4, 0.5) is 32.0 Å². The van der Waals surface area contributed by atoms with Crippen molar-refractivity contribution in [3.05, 3.63) is 59.5 Å². The van der Waals surface area contributed by atoms with Gasteiger partial charge in [-0.2, -0.15) is 31.4 Å². The molecule has 27 heavy (non-hydrogen) atoms. The lowest BCUT2D eigenvalue weighted by Crippen LogP contribution is -2.12. The van der Waals surface area contributed by atoms with E-state index >= 15 is 0 Å². The van der Waals surface area contributed by atoms with E-state index < -0.39 is 29.1 Å². The van der Waals surface area contributed by atoms with E-state index in [-0.39, 0.29) is 11.1 Å². The number of aromatic nitrogens is 2. The van der Waals surface area contributed by atoms with E-state index in [1.165, 1.54) is 12.3 Å². The molecule has 3 rings (SSSR count). The Hall–Kier alpha value is -3.04. The van der Waals surface area contributed by atoms with E-state index in [9.17, 15) is 26.3 Å². The number of alkyl halides is 6. The molecule has 0 atom stereocenters. The molecule has 1 aromatic carbocycles. The summed E-state index contributed by atoms with van der Waals surface area (Å²) in [5.41, 5.74) is -0.679. The van der Waals surface area contributed by atoms with Gasteiger partial charge < -0.3 is 4.57 Å². The molecule has 0 amide bonds. The van der Waals surface area contributed by atoms with Crippen LogP contribution in [0.5, 0.6) is 0 Å². The number of benzene rings is 1. The highest BCUT2D eigenvalue weighted by Crippen LogP contribution is 2.39. The van der Waals surface area contributed by atoms with Crippen molar-refractivity contribution in [2.24, 2.45) is 12.1 Å². The van der Waals surface area contributed by atoms with Gasteiger partial charge in [-0.05, 0) is 24.3 Å². The van der Waals surface area contributed by atoms with Gasteiger partial charge in [0.1, 0.15) is 5.69 Å². The second kappa shape index (κ2) is 6.60. The summed E-state index contributed by atoms with van der Waals surface area (Å²) in [6.45, 7) is 0. The molecule has 0 saturated carbocycles. The first-order chi connectivity index (χ1) is 12.6. The van der Waals surface area contributed by atoms with Crippen LogP contribution in [0.1, 0.15) is 17.0 Å². The predicted molar refractivity (Wildman–Crippen MR) is 88.4 cm³/mol. The van der Waals surface area contributed by atoms with E-state index in [0.717, 1.165) is 6.07 Å². The van der Waals surface area contributed by atoms with Gasteiger partial charge in [0.25, 0.3) is 0 Å². The summed E-state index contributed by atoms with van der Waals surface area (Å²) < 4.78 is 80.6. The molecule has 2 heterocycles. The Balaban J connectivity index is 2.13. The Kier molecular flexibility index (Phi) is 4.58. The molecule has 0 saturated heterocycles. The predicted octanol–water partition coefficient (Wildman–Crippen LogP) is 5.06. The second-order valence-corrected chi connectivity index (χ2v) is 5.67. The molecule has 0 bridgehead atoms. The van der Waals surface area contributed by atoms with Gasteiger partial charge in [-0.3, -0.25) is 5.43 Å². The summed E-state index contributed by atoms with van der Waals surface area (Å²) in [5.74, 6) is 0. The van der Waals surface area contributed by atoms with Crippen molar-refractivity contribution in [2.75, 3.05) is 5.43 Å². The number of nitrogens with zero attached hydrogens (tertiary/aromatic N) is 3. The van der Waals surface area contributed by atoms with Crippen LogP contribution in [-0.2, 0) is 19.4 Å². The highest BCUT2D eigenvalue weighted by molar-refractivity contribution is 5.94. The number of nitrogens with one attached hydrogen (secondary N) is 1. The highest BCUT2D eigenvalue weighted by Gasteiger charge is 2.37. The zero-order valence-corrected chi connectivity index (χ0v) is 13.7. The molecule has 10 heteroatoms. The van der Waals surface area contributed by atoms with E-state index in [1.54, 1.807) is 29.9 Å². The van der Waals surface area contributed by atoms with E-state index in [2.05, 4.69) is 15.5 Å². The lowest BCUT2D eigenvalue weighted by Gasteiger charge is -2.15. The molecule has 0 aliphatic rings. The van der Waals surface area contributed by atoms with E-state index in [1.807, 2.05) is 0 Å². The largest absolute Gasteiger partial charge is 0.433 e. The fourth-order valence-corrected chi connectivity index (χ4v) is 2.49. The average molecular weight is 386 g/mol. The van der Waals surface area contributed by atoms with Gasteiger partial charge in [-0.15, -0.1) is 0 Å². The Labute approximate surface area is 149 Å². The highest BCUT2D eigenvalue weighted by atomic mass is 19.4. The fraction of sp³-hybridized carbons (Fsp3) is 0.176. The zero-order chi connectivity index (χ0) is 19.8. The second-order valence-electron chi connectivity index (χ2n) is 5.67. The number of hydrazone groups is 1. The molecular formula is C17H12F6N4. The normalized spacial score (nSPS) is 12.9. The fourth-order valence-electron chi connectivity index (χ4n) is 2.49. The first-order valence-corrected chi connectivity index (χ1v) is 7.56. The number of hydrogen-bond donors (Lipinski definition) is 1. The number of fused-ring (bicyclic) bond motifs is 1. The number of para-hydroxylation sites is 1. The molecule has 142 valence electrons. The summed E-state index contributed by atoms with van der Waals surface area (Å²) in [6, 6.07) is 7.11. The molecule has 0 radical (unpaired) electrons. The van der Waals surface area contributed by atoms with Crippen molar-refractivity contribution < 1.29 is 26.3 Å². The number of rotatable bonds is 3. The maximum Gasteiger partial charge on any atom is 0.433 e. The van der Waals surface area contributed by atoms with Crippen LogP contribution < -0.4 is 5.43 Å². The van der Waals surface area contributed by atoms with Gasteiger partial charge in [-0.25, -0.2) is 4.98 Å². The smallest absolute Gasteiger partial charge is 0.350 e. The third-order valence-corrected chi connectivity index (χ3v) is 3.80. The SMILES string of the molecule is Cn1cccc1/C=N/Nc1cc(C(F)(F)F)nc2c(C(F)(F)F)cccc12. The zero-order valence-electron chi connectivity index (χ0n) is 13.7. The van der Waals surface area contributed by atoms with Gasteiger partial charge >= 0.3 is 12.4 Å². The van der Waals surface area contributed by atoms with Gasteiger partial charge in [0.05, 0.1) is 28.7 Å². The van der Waals surface area contributed by atoms with Crippen LogP contribution in [0.15, 0.2) is 47.7 Å². The minimum atomic E-state index is -4.91. The van der Waals surface area contributed by atoms with Gasteiger partial charge in [0.15, 0.2) is 0 Å². The maximum atomic E-state index is 13.2. The Bertz CT molecular complexity index is 1000. The van der Waals surface area contributed by atoms with Crippen molar-refractivity contribution in [1.82, 2.24) is 9.55 Å². The molecule has 0 aliphatic heterocycles. The maximum absolute atomic E-state index is 13.2. The Morgan fingerprint density at radius 1 is 1.04 bits per heavy atom. The van der Waals surface area contributed by atoms with Crippen LogP contribution in [0.3, 0.4) is 0 Å². The van der Waals surface area contributed by atoms with Crippen LogP contribution in [0.25, 0.3) is 10.9 Å². The minimum Gasteiger partial charge on any atom is -0.350 e. The number of halogens is 6. The topological polar surface area (TPSA) is 42.2 Å². The number of pyridine rings is 1. The van der Waals surface area contributed by atoms with Gasteiger partial charge in [0, 0.05) is 18.6 Å². The van der Waals surface area contributed by atoms with Crippen LogP contribution >= 0.6 is 0 Å². The van der Waals surface area contributed by atoms with Crippen molar-refractivity contribution in [3.63, 3.8) is 0 Å². The Morgan fingerprint density at radius 3 is 2.37 bits per heavy atom. The molecule has 0 fully saturated rings. The third kappa shape index (κ3) is 3.88. The first-order valence-electron chi connectivity index (χ1n) is 7.56. The van der Waals surface area contributed by atoms with E-state index in [4.69, 9.17) is 0 Å². The molecule has 0 unspecified atom stereocenters. The average Bonchev–Trinajstić information content (AvgIpc) is 2.97. The lowest BCUT2D eigenvalue weighted by molar-refractivity contribution is -0.142. The van der Waals surface area contributed by atoms with Crippen LogP contribution in [0, 0.1) is 0 Å². The third-order valence-electron chi connectivity index (χ3n) is 3.80. The summed E-state index contributed by atoms with van der Waals surface area (Å²) in [5, 5.41) is 3.71. The lowest BCUT2D eigenvalue weighted by atomic mass is 10.1. The van der Waals surface area contributed by atoms with E-state index in [0.29, 0.717) is 17.8 Å². The molecule has 1 N–H and O–H groups in total. The number of aryl methyl sites for hydroxylation is 1. The number of hydrogen-bond acceptors (Lipinski definition) is 3.